The number of hydrogen-bond acceptors (Lipinski definition) is 8. The van der Waals surface area contributed by atoms with Crippen LogP contribution in [0.4, 0.5) is 24.7 Å². The van der Waals surface area contributed by atoms with Crippen molar-refractivity contribution in [2.45, 2.75) is 13.1 Å². The summed E-state index contributed by atoms with van der Waals surface area (Å²) in [5.41, 5.74) is 2.54. The van der Waals surface area contributed by atoms with Crippen LogP contribution in [-0.4, -0.2) is 46.5 Å². The van der Waals surface area contributed by atoms with Gasteiger partial charge in [0.15, 0.2) is 5.82 Å². The molecule has 0 atom stereocenters. The Kier molecular flexibility index (Phi) is 9.04. The minimum absolute atomic E-state index is 0.00592. The molecule has 0 radical (unpaired) electrons. The van der Waals surface area contributed by atoms with Gasteiger partial charge in [0.25, 0.3) is 12.4 Å². The van der Waals surface area contributed by atoms with E-state index in [4.69, 9.17) is 4.79 Å². The Bertz CT molecular complexity index is 1410. The maximum Gasteiger partial charge on any atom is 0.433 e. The standard InChI is InChI=1S/C24H19F3N6O.C2H4O2/c1-14-3-5-17(32-23(34)16-4-6-20(31-13-16)24(25,26)27)12-18(14)22-30-10-8-19(33-22)15-7-9-29-21(11-15)28-2;1-4-2-3/h3-13H,1-2H3,(H,28,29)(H,32,34);2H,1H3. The third kappa shape index (κ3) is 7.09. The Balaban J connectivity index is 0.000000934. The first kappa shape index (κ1) is 27.7. The van der Waals surface area contributed by atoms with Gasteiger partial charge >= 0.3 is 6.18 Å². The fourth-order valence-electron chi connectivity index (χ4n) is 3.22. The van der Waals surface area contributed by atoms with Crippen LogP contribution >= 0.6 is 0 Å². The number of rotatable bonds is 6. The van der Waals surface area contributed by atoms with Crippen molar-refractivity contribution in [2.75, 3.05) is 24.8 Å². The molecular formula is C26H23F3N6O3. The molecule has 0 bridgehead atoms. The molecule has 2 N–H and O–H groups in total. The number of methoxy groups -OCH3 is 1. The normalized spacial score (nSPS) is 10.6. The van der Waals surface area contributed by atoms with E-state index in [9.17, 15) is 18.0 Å². The van der Waals surface area contributed by atoms with E-state index in [0.29, 0.717) is 35.1 Å². The minimum Gasteiger partial charge on any atom is -0.471 e. The summed E-state index contributed by atoms with van der Waals surface area (Å²) >= 11 is 0. The van der Waals surface area contributed by atoms with Crippen LogP contribution in [-0.2, 0) is 15.7 Å². The number of aryl methyl sites for hydroxylation is 1. The number of alkyl halides is 3. The molecule has 38 heavy (non-hydrogen) atoms. The minimum atomic E-state index is -4.57. The second-order valence-electron chi connectivity index (χ2n) is 7.69. The molecular weight excluding hydrogens is 501 g/mol. The summed E-state index contributed by atoms with van der Waals surface area (Å²) in [7, 11) is 3.09. The van der Waals surface area contributed by atoms with Gasteiger partial charge in [-0.05, 0) is 55.0 Å². The molecule has 0 unspecified atom stereocenters. The fraction of sp³-hybridized carbons (Fsp3) is 0.154. The lowest BCUT2D eigenvalue weighted by atomic mass is 10.1. The van der Waals surface area contributed by atoms with Crippen LogP contribution < -0.4 is 10.6 Å². The monoisotopic (exact) mass is 524 g/mol. The Morgan fingerprint density at radius 3 is 2.37 bits per heavy atom. The van der Waals surface area contributed by atoms with E-state index in [2.05, 4.69) is 35.3 Å². The first-order valence-electron chi connectivity index (χ1n) is 11.1. The maximum atomic E-state index is 12.7. The number of halogens is 3. The molecule has 3 heterocycles. The number of benzene rings is 1. The number of carbonyl (C=O) groups excluding carboxylic acids is 2. The van der Waals surface area contributed by atoms with Crippen molar-refractivity contribution in [2.24, 2.45) is 0 Å². The van der Waals surface area contributed by atoms with Crippen LogP contribution in [0.15, 0.2) is 67.1 Å². The van der Waals surface area contributed by atoms with Crippen LogP contribution in [0, 0.1) is 6.92 Å². The van der Waals surface area contributed by atoms with Gasteiger partial charge in [-0.25, -0.2) is 15.0 Å². The second-order valence-corrected chi connectivity index (χ2v) is 7.69. The summed E-state index contributed by atoms with van der Waals surface area (Å²) < 4.78 is 42.0. The van der Waals surface area contributed by atoms with E-state index >= 15 is 0 Å². The third-order valence-corrected chi connectivity index (χ3v) is 5.12. The number of anilines is 2. The molecule has 12 heteroatoms. The Morgan fingerprint density at radius 2 is 1.74 bits per heavy atom. The topological polar surface area (TPSA) is 119 Å². The number of hydrogen-bond donors (Lipinski definition) is 2. The molecule has 0 saturated carbocycles. The predicted octanol–water partition coefficient (Wildman–Crippen LogP) is 5.01. The average Bonchev–Trinajstić information content (AvgIpc) is 2.94. The summed E-state index contributed by atoms with van der Waals surface area (Å²) in [6, 6.07) is 12.6. The van der Waals surface area contributed by atoms with Crippen LogP contribution in [0.1, 0.15) is 21.6 Å². The number of amides is 1. The van der Waals surface area contributed by atoms with E-state index in [1.54, 1.807) is 43.7 Å². The molecule has 0 saturated heterocycles. The van der Waals surface area contributed by atoms with Gasteiger partial charge in [-0.15, -0.1) is 0 Å². The van der Waals surface area contributed by atoms with Crippen LogP contribution in [0.2, 0.25) is 0 Å². The number of aromatic nitrogens is 4. The Morgan fingerprint density at radius 1 is 1.00 bits per heavy atom. The summed E-state index contributed by atoms with van der Waals surface area (Å²) in [6.45, 7) is 2.27. The number of nitrogens with one attached hydrogen (secondary N) is 2. The zero-order chi connectivity index (χ0) is 27.7. The van der Waals surface area contributed by atoms with Crippen LogP contribution in [0.25, 0.3) is 22.6 Å². The largest absolute Gasteiger partial charge is 0.471 e. The molecule has 9 nitrogen and oxygen atoms in total. The van der Waals surface area contributed by atoms with Gasteiger partial charge in [0.05, 0.1) is 18.4 Å². The van der Waals surface area contributed by atoms with E-state index in [1.807, 2.05) is 19.1 Å². The molecule has 1 aromatic carbocycles. The Labute approximate surface area is 216 Å². The molecule has 3 aromatic heterocycles. The maximum absolute atomic E-state index is 12.7. The van der Waals surface area contributed by atoms with Crippen molar-refractivity contribution in [1.82, 2.24) is 19.9 Å². The Hall–Kier alpha value is -4.87. The van der Waals surface area contributed by atoms with Gasteiger partial charge in [0, 0.05) is 42.5 Å². The first-order valence-corrected chi connectivity index (χ1v) is 11.1. The van der Waals surface area contributed by atoms with Gasteiger partial charge in [-0.3, -0.25) is 14.6 Å². The second kappa shape index (κ2) is 12.4. The molecule has 196 valence electrons. The zero-order valence-corrected chi connectivity index (χ0v) is 20.6. The summed E-state index contributed by atoms with van der Waals surface area (Å²) in [4.78, 5) is 38.1. The van der Waals surface area contributed by atoms with Crippen molar-refractivity contribution in [1.29, 1.82) is 0 Å². The van der Waals surface area contributed by atoms with Gasteiger partial charge in [0.2, 0.25) is 0 Å². The van der Waals surface area contributed by atoms with Crippen molar-refractivity contribution in [3.8, 4) is 22.6 Å². The van der Waals surface area contributed by atoms with Crippen molar-refractivity contribution < 1.29 is 27.5 Å². The smallest absolute Gasteiger partial charge is 0.433 e. The molecule has 0 fully saturated rings. The highest BCUT2D eigenvalue weighted by Crippen LogP contribution is 2.28. The average molecular weight is 525 g/mol. The lowest BCUT2D eigenvalue weighted by Crippen LogP contribution is -2.14. The highest BCUT2D eigenvalue weighted by Gasteiger charge is 2.32. The highest BCUT2D eigenvalue weighted by atomic mass is 19.4. The molecule has 1 amide bonds. The summed E-state index contributed by atoms with van der Waals surface area (Å²) in [6.07, 6.45) is -0.343. The van der Waals surface area contributed by atoms with E-state index in [0.717, 1.165) is 29.5 Å². The lowest BCUT2D eigenvalue weighted by molar-refractivity contribution is -0.141. The van der Waals surface area contributed by atoms with E-state index < -0.39 is 17.8 Å². The number of ether oxygens (including phenoxy) is 1. The van der Waals surface area contributed by atoms with E-state index in [-0.39, 0.29) is 5.56 Å². The molecule has 0 aliphatic carbocycles. The van der Waals surface area contributed by atoms with Crippen LogP contribution in [0.5, 0.6) is 0 Å². The van der Waals surface area contributed by atoms with Gasteiger partial charge in [-0.1, -0.05) is 6.07 Å². The molecule has 0 aliphatic rings. The fourth-order valence-corrected chi connectivity index (χ4v) is 3.22. The molecule has 4 rings (SSSR count). The quantitative estimate of drug-likeness (QED) is 0.338. The summed E-state index contributed by atoms with van der Waals surface area (Å²) in [5.74, 6) is 0.587. The van der Waals surface area contributed by atoms with Gasteiger partial charge < -0.3 is 15.4 Å². The summed E-state index contributed by atoms with van der Waals surface area (Å²) in [5, 5.41) is 5.67. The predicted molar refractivity (Wildman–Crippen MR) is 135 cm³/mol. The SMILES string of the molecule is CNc1cc(-c2ccnc(-c3cc(NC(=O)c4ccc(C(F)(F)F)nc4)ccc3C)n2)ccn1.COC=O. The number of nitrogens with zero attached hydrogens (tertiary/aromatic N) is 4. The van der Waals surface area contributed by atoms with Crippen molar-refractivity contribution in [3.05, 3.63) is 83.9 Å². The number of pyridine rings is 2. The molecule has 4 aromatic rings. The third-order valence-electron chi connectivity index (χ3n) is 5.12. The zero-order valence-electron chi connectivity index (χ0n) is 20.6. The first-order chi connectivity index (χ1) is 18.2. The molecule has 0 spiro atoms. The van der Waals surface area contributed by atoms with E-state index in [1.165, 1.54) is 7.11 Å². The highest BCUT2D eigenvalue weighted by molar-refractivity contribution is 6.04. The van der Waals surface area contributed by atoms with Gasteiger partial charge in [-0.2, -0.15) is 13.2 Å². The van der Waals surface area contributed by atoms with Gasteiger partial charge in [0.1, 0.15) is 11.5 Å². The number of carbonyl (C=O) groups is 2. The van der Waals surface area contributed by atoms with Crippen molar-refractivity contribution in [3.63, 3.8) is 0 Å². The molecule has 0 aliphatic heterocycles. The van der Waals surface area contributed by atoms with Crippen LogP contribution in [0.3, 0.4) is 0 Å². The lowest BCUT2D eigenvalue weighted by Gasteiger charge is -2.11. The van der Waals surface area contributed by atoms with Crippen molar-refractivity contribution >= 4 is 23.9 Å².